The molecule has 0 aromatic heterocycles. The Morgan fingerprint density at radius 2 is 1.95 bits per heavy atom. The second kappa shape index (κ2) is 7.33. The quantitative estimate of drug-likeness (QED) is 0.866. The zero-order valence-electron chi connectivity index (χ0n) is 11.0. The summed E-state index contributed by atoms with van der Waals surface area (Å²) in [5, 5.41) is 0.930. The monoisotopic (exact) mass is 323 g/mol. The molecule has 0 saturated carbocycles. The van der Waals surface area contributed by atoms with Gasteiger partial charge in [0.05, 0.1) is 11.6 Å². The topological polar surface area (TPSA) is 35.2 Å². The minimum absolute atomic E-state index is 0.177. The second-order valence-corrected chi connectivity index (χ2v) is 5.06. The first kappa shape index (κ1) is 15.7. The van der Waals surface area contributed by atoms with Gasteiger partial charge >= 0.3 is 0 Å². The van der Waals surface area contributed by atoms with Gasteiger partial charge in [-0.25, -0.2) is 4.39 Å². The van der Waals surface area contributed by atoms with E-state index in [-0.39, 0.29) is 19.0 Å². The molecule has 2 aromatic rings. The van der Waals surface area contributed by atoms with E-state index < -0.39 is 0 Å². The lowest BCUT2D eigenvalue weighted by molar-refractivity contribution is 0.306. The van der Waals surface area contributed by atoms with E-state index in [9.17, 15) is 4.39 Å². The fourth-order valence-electron chi connectivity index (χ4n) is 1.71. The van der Waals surface area contributed by atoms with Crippen LogP contribution in [0.1, 0.15) is 11.1 Å². The average molecular weight is 324 g/mol. The number of hydrogen-bond donors (Lipinski definition) is 1. The lowest BCUT2D eigenvalue weighted by Gasteiger charge is -2.09. The predicted molar refractivity (Wildman–Crippen MR) is 83.1 cm³/mol. The van der Waals surface area contributed by atoms with Gasteiger partial charge in [-0.05, 0) is 42.0 Å². The van der Waals surface area contributed by atoms with Gasteiger partial charge in [0.2, 0.25) is 0 Å². The van der Waals surface area contributed by atoms with Gasteiger partial charge in [-0.2, -0.15) is 0 Å². The zero-order chi connectivity index (χ0) is 15.2. The Hall–Kier alpha value is -1.73. The Kier molecular flexibility index (Phi) is 5.46. The average Bonchev–Trinajstić information content (AvgIpc) is 2.43. The SMILES string of the molecule is NCC#Cc1cc(F)cc(COc2ccc(Cl)cc2Cl)c1. The highest BCUT2D eigenvalue weighted by Gasteiger charge is 2.05. The number of hydrogen-bond acceptors (Lipinski definition) is 2. The first-order valence-corrected chi connectivity index (χ1v) is 6.90. The summed E-state index contributed by atoms with van der Waals surface area (Å²) in [6.07, 6.45) is 0. The van der Waals surface area contributed by atoms with Crippen LogP contribution in [0.5, 0.6) is 5.75 Å². The van der Waals surface area contributed by atoms with Crippen LogP contribution in [0.4, 0.5) is 4.39 Å². The van der Waals surface area contributed by atoms with Gasteiger partial charge in [0.1, 0.15) is 18.2 Å². The molecular formula is C16H12Cl2FNO. The fourth-order valence-corrected chi connectivity index (χ4v) is 2.18. The Bertz CT molecular complexity index is 707. The van der Waals surface area contributed by atoms with Crippen molar-refractivity contribution < 1.29 is 9.13 Å². The highest BCUT2D eigenvalue weighted by molar-refractivity contribution is 6.35. The summed E-state index contributed by atoms with van der Waals surface area (Å²) in [5.74, 6) is 5.58. The van der Waals surface area contributed by atoms with E-state index in [0.29, 0.717) is 26.9 Å². The standard InChI is InChI=1S/C16H12Cl2FNO/c17-13-3-4-16(15(18)9-13)21-10-12-6-11(2-1-5-20)7-14(19)8-12/h3-4,6-9H,5,10,20H2. The summed E-state index contributed by atoms with van der Waals surface area (Å²) >= 11 is 11.8. The summed E-state index contributed by atoms with van der Waals surface area (Å²) in [4.78, 5) is 0. The van der Waals surface area contributed by atoms with E-state index in [1.54, 1.807) is 24.3 Å². The number of ether oxygens (including phenoxy) is 1. The Balaban J connectivity index is 2.14. The van der Waals surface area contributed by atoms with Gasteiger partial charge in [-0.3, -0.25) is 0 Å². The maximum absolute atomic E-state index is 13.5. The highest BCUT2D eigenvalue weighted by Crippen LogP contribution is 2.28. The minimum atomic E-state index is -0.375. The smallest absolute Gasteiger partial charge is 0.138 e. The van der Waals surface area contributed by atoms with Crippen molar-refractivity contribution in [2.75, 3.05) is 6.54 Å². The molecule has 0 heterocycles. The van der Waals surface area contributed by atoms with Gasteiger partial charge in [0.25, 0.3) is 0 Å². The third-order valence-electron chi connectivity index (χ3n) is 2.58. The van der Waals surface area contributed by atoms with Gasteiger partial charge in [-0.15, -0.1) is 0 Å². The largest absolute Gasteiger partial charge is 0.487 e. The lowest BCUT2D eigenvalue weighted by atomic mass is 10.1. The number of benzene rings is 2. The normalized spacial score (nSPS) is 9.90. The van der Waals surface area contributed by atoms with E-state index in [1.807, 2.05) is 0 Å². The molecule has 0 saturated heterocycles. The summed E-state index contributed by atoms with van der Waals surface area (Å²) in [6.45, 7) is 0.402. The maximum Gasteiger partial charge on any atom is 0.138 e. The molecular weight excluding hydrogens is 312 g/mol. The first-order valence-electron chi connectivity index (χ1n) is 6.15. The van der Waals surface area contributed by atoms with Crippen molar-refractivity contribution in [3.63, 3.8) is 0 Å². The third-order valence-corrected chi connectivity index (χ3v) is 3.11. The van der Waals surface area contributed by atoms with Crippen molar-refractivity contribution in [2.45, 2.75) is 6.61 Å². The molecule has 2 nitrogen and oxygen atoms in total. The van der Waals surface area contributed by atoms with E-state index in [4.69, 9.17) is 33.7 Å². The Morgan fingerprint density at radius 1 is 1.14 bits per heavy atom. The lowest BCUT2D eigenvalue weighted by Crippen LogP contribution is -1.98. The molecule has 0 aliphatic heterocycles. The third kappa shape index (κ3) is 4.64. The van der Waals surface area contributed by atoms with E-state index in [2.05, 4.69) is 11.8 Å². The van der Waals surface area contributed by atoms with Gasteiger partial charge < -0.3 is 10.5 Å². The summed E-state index contributed by atoms with van der Waals surface area (Å²) in [5.41, 5.74) is 6.51. The molecule has 0 aliphatic rings. The van der Waals surface area contributed by atoms with Crippen LogP contribution in [0.2, 0.25) is 10.0 Å². The van der Waals surface area contributed by atoms with Crippen molar-refractivity contribution in [1.82, 2.24) is 0 Å². The van der Waals surface area contributed by atoms with Crippen molar-refractivity contribution in [1.29, 1.82) is 0 Å². The second-order valence-electron chi connectivity index (χ2n) is 4.22. The van der Waals surface area contributed by atoms with Crippen LogP contribution in [-0.4, -0.2) is 6.54 Å². The van der Waals surface area contributed by atoms with Crippen LogP contribution < -0.4 is 10.5 Å². The van der Waals surface area contributed by atoms with Crippen molar-refractivity contribution in [3.8, 4) is 17.6 Å². The van der Waals surface area contributed by atoms with Crippen LogP contribution >= 0.6 is 23.2 Å². The van der Waals surface area contributed by atoms with Crippen LogP contribution in [0.15, 0.2) is 36.4 Å². The van der Waals surface area contributed by atoms with Crippen LogP contribution in [0.3, 0.4) is 0 Å². The van der Waals surface area contributed by atoms with Gasteiger partial charge in [0.15, 0.2) is 0 Å². The molecule has 0 amide bonds. The molecule has 2 N–H and O–H groups in total. The van der Waals surface area contributed by atoms with Crippen LogP contribution in [0, 0.1) is 17.7 Å². The highest BCUT2D eigenvalue weighted by atomic mass is 35.5. The Labute approximate surface area is 132 Å². The summed E-state index contributed by atoms with van der Waals surface area (Å²) in [6, 6.07) is 9.40. The van der Waals surface area contributed by atoms with Crippen LogP contribution in [0.25, 0.3) is 0 Å². The molecule has 0 atom stereocenters. The molecule has 0 bridgehead atoms. The van der Waals surface area contributed by atoms with E-state index in [0.717, 1.165) is 0 Å². The maximum atomic E-state index is 13.5. The summed E-state index contributed by atoms with van der Waals surface area (Å²) in [7, 11) is 0. The van der Waals surface area contributed by atoms with E-state index >= 15 is 0 Å². The molecule has 108 valence electrons. The first-order chi connectivity index (χ1) is 10.1. The van der Waals surface area contributed by atoms with Crippen molar-refractivity contribution in [2.24, 2.45) is 5.73 Å². The van der Waals surface area contributed by atoms with Gasteiger partial charge in [-0.1, -0.05) is 35.0 Å². The van der Waals surface area contributed by atoms with E-state index in [1.165, 1.54) is 12.1 Å². The molecule has 2 aromatic carbocycles. The molecule has 21 heavy (non-hydrogen) atoms. The molecule has 0 spiro atoms. The van der Waals surface area contributed by atoms with Crippen molar-refractivity contribution in [3.05, 3.63) is 63.4 Å². The summed E-state index contributed by atoms with van der Waals surface area (Å²) < 4.78 is 19.1. The molecule has 5 heteroatoms. The molecule has 0 radical (unpaired) electrons. The molecule has 0 unspecified atom stereocenters. The van der Waals surface area contributed by atoms with Crippen LogP contribution in [-0.2, 0) is 6.61 Å². The molecule has 0 fully saturated rings. The predicted octanol–water partition coefficient (Wildman–Crippen LogP) is 4.02. The fraction of sp³-hybridized carbons (Fsp3) is 0.125. The zero-order valence-corrected chi connectivity index (χ0v) is 12.5. The van der Waals surface area contributed by atoms with Crippen molar-refractivity contribution >= 4 is 23.2 Å². The van der Waals surface area contributed by atoms with Gasteiger partial charge in [0, 0.05) is 10.6 Å². The Morgan fingerprint density at radius 3 is 2.67 bits per heavy atom. The molecule has 2 rings (SSSR count). The number of rotatable bonds is 3. The number of nitrogens with two attached hydrogens (primary N) is 1. The minimum Gasteiger partial charge on any atom is -0.487 e. The molecule has 0 aliphatic carbocycles. The number of halogens is 3.